The number of carboxylic acids is 6. The van der Waals surface area contributed by atoms with Gasteiger partial charge in [0.15, 0.2) is 0 Å². The van der Waals surface area contributed by atoms with Crippen LogP contribution in [0.1, 0.15) is 38.5 Å². The normalized spacial score (nSPS) is 6.53. The molecule has 21 nitrogen and oxygen atoms in total. The Morgan fingerprint density at radius 2 is 0.333 bits per heavy atom. The fourth-order valence-electron chi connectivity index (χ4n) is 0.642. The molecule has 0 fully saturated rings. The molecule has 0 aromatic rings. The standard InChI is InChI=1S/6C3H5GeO2.9H2O/c6*4-2-1-3(5)6;;;;;;;;;/h6*1-2H2,(H,5,6);9*1H2. The second-order valence-corrected chi connectivity index (χ2v) is 11.7. The average molecular weight is 1040 g/mol. The van der Waals surface area contributed by atoms with Crippen LogP contribution in [0, 0.1) is 0 Å². The number of carboxylic acid groups (broad SMARTS) is 6. The third-order valence-electron chi connectivity index (χ3n) is 2.03. The van der Waals surface area contributed by atoms with E-state index in [4.69, 9.17) is 30.6 Å². The van der Waals surface area contributed by atoms with Crippen LogP contribution < -0.4 is 0 Å². The molecule has 0 saturated carbocycles. The van der Waals surface area contributed by atoms with E-state index in [-0.39, 0.29) is 49.3 Å². The van der Waals surface area contributed by atoms with E-state index in [1.807, 2.05) is 99.1 Å². The summed E-state index contributed by atoms with van der Waals surface area (Å²) in [5.74, 6) is -4.26. The van der Waals surface area contributed by atoms with E-state index in [9.17, 15) is 28.8 Å². The molecule has 45 heavy (non-hydrogen) atoms. The monoisotopic (exact) mass is 1040 g/mol. The van der Waals surface area contributed by atoms with Crippen molar-refractivity contribution in [3.63, 3.8) is 0 Å². The Balaban J connectivity index is -0.0000000178. The molecule has 18 radical (unpaired) electrons. The van der Waals surface area contributed by atoms with Crippen LogP contribution in [0.5, 0.6) is 0 Å². The molecule has 24 N–H and O–H groups in total. The Hall–Kier alpha value is -0.283. The predicted octanol–water partition coefficient (Wildman–Crippen LogP) is -7.13. The van der Waals surface area contributed by atoms with Gasteiger partial charge >= 0.3 is 264 Å². The molecule has 0 heterocycles. The molecule has 0 bridgehead atoms. The molecule has 0 saturated heterocycles. The molecule has 27 heteroatoms. The summed E-state index contributed by atoms with van der Waals surface area (Å²) in [4.78, 5) is 57.6. The molecule has 0 aromatic carbocycles. The first-order chi connectivity index (χ1) is 16.6. The Bertz CT molecular complexity index is 452. The molecule has 270 valence electrons. The van der Waals surface area contributed by atoms with Gasteiger partial charge in [0.2, 0.25) is 0 Å². The van der Waals surface area contributed by atoms with E-state index in [1.165, 1.54) is 0 Å². The number of hydrogen-bond acceptors (Lipinski definition) is 6. The van der Waals surface area contributed by atoms with Crippen molar-refractivity contribution in [1.29, 1.82) is 0 Å². The van der Waals surface area contributed by atoms with Crippen LogP contribution in [0.4, 0.5) is 0 Å². The third kappa shape index (κ3) is 242. The van der Waals surface area contributed by atoms with Crippen LogP contribution in [0.3, 0.4) is 0 Å². The molecule has 0 aliphatic heterocycles. The first-order valence-electron chi connectivity index (χ1n) is 9.81. The Kier molecular flexibility index (Phi) is 194. The van der Waals surface area contributed by atoms with E-state index in [0.29, 0.717) is 38.5 Å². The molecule has 0 rings (SSSR count). The number of aliphatic carboxylic acids is 6. The second kappa shape index (κ2) is 90.3. The minimum absolute atomic E-state index is 0. The maximum atomic E-state index is 9.60. The quantitative estimate of drug-likeness (QED) is 0.0994. The van der Waals surface area contributed by atoms with Crippen molar-refractivity contribution >= 4 is 135 Å². The fraction of sp³-hybridized carbons (Fsp3) is 0.667. The molecule has 0 unspecified atom stereocenters. The zero-order valence-electron chi connectivity index (χ0n) is 24.1. The van der Waals surface area contributed by atoms with Crippen molar-refractivity contribution in [1.82, 2.24) is 0 Å². The number of carbonyl (C=O) groups is 6. The Morgan fingerprint density at radius 1 is 0.267 bits per heavy atom. The van der Waals surface area contributed by atoms with Gasteiger partial charge in [-0.05, 0) is 0 Å². The molecule has 0 amide bonds. The summed E-state index contributed by atoms with van der Waals surface area (Å²) in [7, 11) is 0. The van der Waals surface area contributed by atoms with Gasteiger partial charge in [-0.3, -0.25) is 0 Å². The van der Waals surface area contributed by atoms with E-state index in [1.54, 1.807) is 0 Å². The summed E-state index contributed by atoms with van der Waals surface area (Å²) in [6.07, 6.45) is 1.75. The minimum atomic E-state index is -0.711. The van der Waals surface area contributed by atoms with Gasteiger partial charge in [-0.2, -0.15) is 0 Å². The van der Waals surface area contributed by atoms with Crippen molar-refractivity contribution in [3.8, 4) is 0 Å². The summed E-state index contributed by atoms with van der Waals surface area (Å²) < 4.78 is 0. The SMILES string of the molecule is O.O.O.O.O.O.O.O.O.O=C(O)C[CH2][Ge].O=C(O)C[CH2][Ge].O=C(O)C[CH2][Ge].O=C(O)C[CH2][Ge].O=C(O)C[CH2][Ge].O=C(O)C[CH2][Ge]. The fourth-order valence-corrected chi connectivity index (χ4v) is 3.33. The first-order valence-corrected chi connectivity index (χ1v) is 18.7. The van der Waals surface area contributed by atoms with Crippen molar-refractivity contribution in [2.75, 3.05) is 0 Å². The van der Waals surface area contributed by atoms with Gasteiger partial charge in [-0.15, -0.1) is 0 Å². The van der Waals surface area contributed by atoms with Gasteiger partial charge in [0.05, 0.1) is 0 Å². The van der Waals surface area contributed by atoms with Crippen LogP contribution in [0.2, 0.25) is 31.5 Å². The van der Waals surface area contributed by atoms with E-state index in [2.05, 4.69) is 0 Å². The number of hydrogen-bond donors (Lipinski definition) is 6. The molecule has 0 spiro atoms. The summed E-state index contributed by atoms with van der Waals surface area (Å²) >= 11 is 11.0. The van der Waals surface area contributed by atoms with Crippen LogP contribution in [0.25, 0.3) is 0 Å². The summed E-state index contributed by atoms with van der Waals surface area (Å²) in [5.41, 5.74) is 0. The van der Waals surface area contributed by atoms with Gasteiger partial charge < -0.3 is 49.3 Å². The first kappa shape index (κ1) is 96.8. The van der Waals surface area contributed by atoms with Crippen LogP contribution in [-0.2, 0) is 28.8 Å². The zero-order chi connectivity index (χ0) is 29.9. The Morgan fingerprint density at radius 3 is 0.333 bits per heavy atom. The molecular formula is C18H48Ge6O21. The summed E-state index contributed by atoms with van der Waals surface area (Å²) in [6.45, 7) is 0. The van der Waals surface area contributed by atoms with Gasteiger partial charge in [0.25, 0.3) is 0 Å². The van der Waals surface area contributed by atoms with E-state index >= 15 is 0 Å². The molecule has 0 aliphatic carbocycles. The van der Waals surface area contributed by atoms with Gasteiger partial charge in [0.1, 0.15) is 0 Å². The van der Waals surface area contributed by atoms with Crippen molar-refractivity contribution in [2.45, 2.75) is 70.0 Å². The van der Waals surface area contributed by atoms with Crippen molar-refractivity contribution in [3.05, 3.63) is 0 Å². The molecule has 0 atom stereocenters. The van der Waals surface area contributed by atoms with E-state index in [0.717, 1.165) is 31.5 Å². The predicted molar refractivity (Wildman–Crippen MR) is 169 cm³/mol. The van der Waals surface area contributed by atoms with Crippen molar-refractivity contribution in [2.24, 2.45) is 0 Å². The van der Waals surface area contributed by atoms with E-state index < -0.39 is 35.8 Å². The van der Waals surface area contributed by atoms with Crippen LogP contribution in [0.15, 0.2) is 0 Å². The molecular weight excluding hydrogens is 988 g/mol. The van der Waals surface area contributed by atoms with Gasteiger partial charge in [-0.25, -0.2) is 0 Å². The number of rotatable bonds is 12. The second-order valence-electron chi connectivity index (χ2n) is 5.36. The van der Waals surface area contributed by atoms with Gasteiger partial charge in [0, 0.05) is 0 Å². The summed E-state index contributed by atoms with van der Waals surface area (Å²) in [6, 6.07) is 0. The third-order valence-corrected chi connectivity index (χ3v) is 5.18. The molecule has 0 aliphatic rings. The van der Waals surface area contributed by atoms with Crippen LogP contribution >= 0.6 is 0 Å². The zero-order valence-corrected chi connectivity index (χ0v) is 36.7. The van der Waals surface area contributed by atoms with Crippen molar-refractivity contribution < 1.29 is 109 Å². The van der Waals surface area contributed by atoms with Crippen LogP contribution in [-0.4, -0.2) is 215 Å². The topological polar surface area (TPSA) is 507 Å². The van der Waals surface area contributed by atoms with Gasteiger partial charge in [-0.1, -0.05) is 0 Å². The molecule has 0 aromatic heterocycles. The summed E-state index contributed by atoms with van der Waals surface area (Å²) in [5, 5.41) is 51.9. The Labute approximate surface area is 311 Å². The maximum absolute atomic E-state index is 9.60. The average Bonchev–Trinajstić information content (AvgIpc) is 2.69.